The molecule has 0 unspecified atom stereocenters. The summed E-state index contributed by atoms with van der Waals surface area (Å²) >= 11 is 7.06. The Bertz CT molecular complexity index is 1210. The maximum absolute atomic E-state index is 13.8. The predicted molar refractivity (Wildman–Crippen MR) is 165 cm³/mol. The number of rotatable bonds is 6. The summed E-state index contributed by atoms with van der Waals surface area (Å²) in [6, 6.07) is 16.2. The van der Waals surface area contributed by atoms with Crippen molar-refractivity contribution >= 4 is 46.0 Å². The second-order valence-corrected chi connectivity index (χ2v) is 11.8. The molecule has 0 aromatic heterocycles. The average Bonchev–Trinajstić information content (AvgIpc) is 2.96. The lowest BCUT2D eigenvalue weighted by molar-refractivity contribution is -0.128. The van der Waals surface area contributed by atoms with E-state index in [1.165, 1.54) is 6.92 Å². The van der Waals surface area contributed by atoms with Crippen molar-refractivity contribution in [1.29, 1.82) is 0 Å². The highest BCUT2D eigenvalue weighted by Gasteiger charge is 2.29. The lowest BCUT2D eigenvalue weighted by Gasteiger charge is -2.23. The van der Waals surface area contributed by atoms with Gasteiger partial charge in [-0.25, -0.2) is 0 Å². The molecule has 1 amide bonds. The van der Waals surface area contributed by atoms with E-state index in [9.17, 15) is 19.2 Å². The van der Waals surface area contributed by atoms with E-state index in [2.05, 4.69) is 17.2 Å². The molecule has 42 heavy (non-hydrogen) atoms. The predicted octanol–water partition coefficient (Wildman–Crippen LogP) is 4.19. The monoisotopic (exact) mass is 614 g/mol. The fraction of sp³-hybridized carbons (Fsp3) is 0.438. The third-order valence-electron chi connectivity index (χ3n) is 6.75. The number of halogens is 1. The maximum Gasteiger partial charge on any atom is 0.224 e. The zero-order valence-electron chi connectivity index (χ0n) is 23.9. The topological polar surface area (TPSA) is 111 Å². The molecule has 1 saturated heterocycles. The van der Waals surface area contributed by atoms with Crippen LogP contribution in [0.4, 0.5) is 0 Å². The first kappa shape index (κ1) is 33.5. The molecule has 1 fully saturated rings. The zero-order valence-corrected chi connectivity index (χ0v) is 25.5. The van der Waals surface area contributed by atoms with E-state index in [-0.39, 0.29) is 60.9 Å². The van der Waals surface area contributed by atoms with Gasteiger partial charge >= 0.3 is 0 Å². The Kier molecular flexibility index (Phi) is 14.3. The van der Waals surface area contributed by atoms with Crippen molar-refractivity contribution in [1.82, 2.24) is 10.6 Å². The molecule has 3 atom stereocenters. The van der Waals surface area contributed by atoms with Crippen LogP contribution in [0.2, 0.25) is 5.02 Å². The number of carbonyl (C=O) groups excluding carboxylic acids is 4. The van der Waals surface area contributed by atoms with E-state index in [1.54, 1.807) is 12.1 Å². The average molecular weight is 615 g/mol. The minimum Gasteiger partial charge on any atom is -0.377 e. The maximum atomic E-state index is 13.8. The summed E-state index contributed by atoms with van der Waals surface area (Å²) in [6.45, 7) is 6.85. The molecule has 10 heteroatoms. The standard InChI is InChI=1S/C32H39ClN2O6S/c1-22-20-41-15-14-40-13-12-34-31(38)27(16-23(2)36)21-42-32(39)26(17-25-8-10-28(33)11-9-25)19-30(37)29(35-22)18-24-6-4-3-5-7-24/h3-11,26-27,29,35H,1,12-21H2,2H3,(H,34,38)/t26-,27+,29+/m1/s1. The van der Waals surface area contributed by atoms with Gasteiger partial charge in [-0.15, -0.1) is 0 Å². The lowest BCUT2D eigenvalue weighted by atomic mass is 9.91. The molecule has 0 spiro atoms. The van der Waals surface area contributed by atoms with Crippen LogP contribution < -0.4 is 10.6 Å². The van der Waals surface area contributed by atoms with Gasteiger partial charge in [-0.2, -0.15) is 0 Å². The van der Waals surface area contributed by atoms with Crippen molar-refractivity contribution in [3.8, 4) is 0 Å². The number of amides is 1. The summed E-state index contributed by atoms with van der Waals surface area (Å²) in [7, 11) is 0. The molecule has 2 aromatic rings. The number of carbonyl (C=O) groups is 4. The van der Waals surface area contributed by atoms with Gasteiger partial charge in [0.25, 0.3) is 0 Å². The van der Waals surface area contributed by atoms with Crippen molar-refractivity contribution in [3.05, 3.63) is 83.0 Å². The highest BCUT2D eigenvalue weighted by molar-refractivity contribution is 8.13. The molecule has 1 aliphatic rings. The summed E-state index contributed by atoms with van der Waals surface area (Å²) in [5.74, 6) is -1.77. The van der Waals surface area contributed by atoms with Gasteiger partial charge in [-0.3, -0.25) is 14.4 Å². The minimum atomic E-state index is -0.676. The van der Waals surface area contributed by atoms with Crippen LogP contribution >= 0.6 is 23.4 Å². The zero-order chi connectivity index (χ0) is 30.3. The van der Waals surface area contributed by atoms with Crippen LogP contribution in [0.25, 0.3) is 0 Å². The highest BCUT2D eigenvalue weighted by atomic mass is 35.5. The Balaban J connectivity index is 1.86. The number of ketones is 2. The van der Waals surface area contributed by atoms with E-state index in [0.29, 0.717) is 36.8 Å². The molecular formula is C32H39ClN2O6S. The van der Waals surface area contributed by atoms with Crippen molar-refractivity contribution in [3.63, 3.8) is 0 Å². The van der Waals surface area contributed by atoms with E-state index >= 15 is 0 Å². The molecule has 0 saturated carbocycles. The van der Waals surface area contributed by atoms with E-state index in [1.807, 2.05) is 42.5 Å². The summed E-state index contributed by atoms with van der Waals surface area (Å²) in [5.41, 5.74) is 2.39. The third kappa shape index (κ3) is 12.1. The van der Waals surface area contributed by atoms with Crippen molar-refractivity contribution < 1.29 is 28.7 Å². The van der Waals surface area contributed by atoms with Crippen LogP contribution in [0.15, 0.2) is 66.9 Å². The highest BCUT2D eigenvalue weighted by Crippen LogP contribution is 2.25. The molecule has 8 nitrogen and oxygen atoms in total. The Labute approximate surface area is 256 Å². The van der Waals surface area contributed by atoms with Crippen molar-refractivity contribution in [2.75, 3.05) is 38.7 Å². The van der Waals surface area contributed by atoms with E-state index in [4.69, 9.17) is 21.1 Å². The van der Waals surface area contributed by atoms with Crippen LogP contribution in [0.3, 0.4) is 0 Å². The number of Topliss-reactive ketones (excluding diaryl/α,β-unsaturated/α-hetero) is 2. The van der Waals surface area contributed by atoms with Gasteiger partial charge in [0.15, 0.2) is 10.9 Å². The molecule has 0 radical (unpaired) electrons. The summed E-state index contributed by atoms with van der Waals surface area (Å²) in [5, 5.41) is 6.40. The normalized spacial score (nSPS) is 22.3. The molecule has 2 N–H and O–H groups in total. The fourth-order valence-electron chi connectivity index (χ4n) is 4.59. The van der Waals surface area contributed by atoms with Gasteiger partial charge in [-0.05, 0) is 43.0 Å². The smallest absolute Gasteiger partial charge is 0.224 e. The number of benzene rings is 2. The van der Waals surface area contributed by atoms with Crippen LogP contribution in [0.1, 0.15) is 30.9 Å². The Morgan fingerprint density at radius 2 is 1.64 bits per heavy atom. The molecular weight excluding hydrogens is 576 g/mol. The molecule has 2 aromatic carbocycles. The first-order valence-corrected chi connectivity index (χ1v) is 15.4. The Hall–Kier alpha value is -2.98. The lowest BCUT2D eigenvalue weighted by Crippen LogP contribution is -2.40. The largest absolute Gasteiger partial charge is 0.377 e. The Morgan fingerprint density at radius 3 is 2.36 bits per heavy atom. The first-order chi connectivity index (χ1) is 20.2. The van der Waals surface area contributed by atoms with Crippen LogP contribution in [-0.2, 0) is 41.5 Å². The number of hydrogen-bond acceptors (Lipinski definition) is 8. The van der Waals surface area contributed by atoms with Crippen LogP contribution in [0, 0.1) is 11.8 Å². The molecule has 1 aliphatic heterocycles. The summed E-state index contributed by atoms with van der Waals surface area (Å²) in [4.78, 5) is 52.2. The van der Waals surface area contributed by atoms with Gasteiger partial charge in [0.2, 0.25) is 5.91 Å². The van der Waals surface area contributed by atoms with Crippen LogP contribution in [0.5, 0.6) is 0 Å². The molecule has 1 heterocycles. The van der Waals surface area contributed by atoms with E-state index < -0.39 is 17.9 Å². The number of thioether (sulfide) groups is 1. The number of ether oxygens (including phenoxy) is 2. The van der Waals surface area contributed by atoms with Crippen molar-refractivity contribution in [2.24, 2.45) is 11.8 Å². The van der Waals surface area contributed by atoms with Gasteiger partial charge in [0, 0.05) is 41.8 Å². The van der Waals surface area contributed by atoms with Crippen molar-refractivity contribution in [2.45, 2.75) is 38.6 Å². The summed E-state index contributed by atoms with van der Waals surface area (Å²) in [6.07, 6.45) is 0.757. The second-order valence-electron chi connectivity index (χ2n) is 10.4. The fourth-order valence-corrected chi connectivity index (χ4v) is 5.76. The molecule has 3 rings (SSSR count). The second kappa shape index (κ2) is 17.9. The minimum absolute atomic E-state index is 0.00942. The number of hydrogen-bond donors (Lipinski definition) is 2. The number of nitrogens with one attached hydrogen (secondary N) is 2. The van der Waals surface area contributed by atoms with Crippen LogP contribution in [-0.4, -0.2) is 67.4 Å². The van der Waals surface area contributed by atoms with Gasteiger partial charge < -0.3 is 24.9 Å². The SMILES string of the molecule is C=C1COCCOCCNC(=O)[C@@H](CC(C)=O)CSC(=O)[C@H](Cc2ccc(Cl)cc2)CC(=O)[C@H](Cc2ccccc2)N1. The summed E-state index contributed by atoms with van der Waals surface area (Å²) < 4.78 is 11.2. The van der Waals surface area contributed by atoms with Gasteiger partial charge in [-0.1, -0.05) is 72.4 Å². The molecule has 0 bridgehead atoms. The third-order valence-corrected chi connectivity index (χ3v) is 8.19. The van der Waals surface area contributed by atoms with Gasteiger partial charge in [0.05, 0.1) is 38.4 Å². The molecule has 226 valence electrons. The van der Waals surface area contributed by atoms with E-state index in [0.717, 1.165) is 22.9 Å². The quantitative estimate of drug-likeness (QED) is 0.498. The van der Waals surface area contributed by atoms with Gasteiger partial charge in [0.1, 0.15) is 5.78 Å². The first-order valence-electron chi connectivity index (χ1n) is 14.1. The Morgan fingerprint density at radius 1 is 0.952 bits per heavy atom. The molecule has 0 aliphatic carbocycles.